The van der Waals surface area contributed by atoms with Gasteiger partial charge in [0.1, 0.15) is 6.29 Å². The van der Waals surface area contributed by atoms with E-state index < -0.39 is 7.92 Å². The Hall–Kier alpha value is -1.46. The summed E-state index contributed by atoms with van der Waals surface area (Å²) >= 11 is 0. The van der Waals surface area contributed by atoms with E-state index >= 15 is 0 Å². The highest BCUT2D eigenvalue weighted by Gasteiger charge is 2.42. The van der Waals surface area contributed by atoms with Crippen LogP contribution in [0.5, 0.6) is 0 Å². The van der Waals surface area contributed by atoms with E-state index in [2.05, 4.69) is 74.5 Å². The van der Waals surface area contributed by atoms with Gasteiger partial charge in [0.05, 0.1) is 0 Å². The van der Waals surface area contributed by atoms with Crippen LogP contribution in [0.15, 0.2) is 60.7 Å². The van der Waals surface area contributed by atoms with Crippen LogP contribution in [0.2, 0.25) is 0 Å². The van der Waals surface area contributed by atoms with Crippen LogP contribution >= 0.6 is 7.92 Å². The third-order valence-electron chi connectivity index (χ3n) is 5.15. The molecule has 0 bridgehead atoms. The average Bonchev–Trinajstić information content (AvgIpc) is 3.01. The molecule has 0 N–H and O–H groups in total. The average molecular weight is 324 g/mol. The molecule has 1 aliphatic carbocycles. The Bertz CT molecular complexity index is 583. The zero-order valence-corrected chi connectivity index (χ0v) is 14.8. The summed E-state index contributed by atoms with van der Waals surface area (Å²) in [6.45, 7) is 4.52. The first-order valence-electron chi connectivity index (χ1n) is 8.57. The standard InChI is InChI=1S/C21H25OP/c1-16(2)19-13-14-21(20(19)15-22)23(17-9-5-3-6-10-17)18-11-7-4-8-12-18/h3-12,15-16,19-21H,13-14H2,1-2H3. The molecule has 1 nitrogen and oxygen atoms in total. The maximum Gasteiger partial charge on any atom is 0.124 e. The molecule has 1 aliphatic rings. The van der Waals surface area contributed by atoms with Gasteiger partial charge in [0.2, 0.25) is 0 Å². The van der Waals surface area contributed by atoms with Crippen molar-refractivity contribution in [1.82, 2.24) is 0 Å². The number of hydrogen-bond acceptors (Lipinski definition) is 1. The molecular weight excluding hydrogens is 299 g/mol. The second kappa shape index (κ2) is 7.41. The highest BCUT2D eigenvalue weighted by molar-refractivity contribution is 7.73. The number of hydrogen-bond donors (Lipinski definition) is 0. The molecule has 0 saturated heterocycles. The smallest absolute Gasteiger partial charge is 0.124 e. The fraction of sp³-hybridized carbons (Fsp3) is 0.381. The van der Waals surface area contributed by atoms with Gasteiger partial charge in [0.25, 0.3) is 0 Å². The van der Waals surface area contributed by atoms with Crippen molar-refractivity contribution in [3.63, 3.8) is 0 Å². The van der Waals surface area contributed by atoms with Gasteiger partial charge in [-0.1, -0.05) is 74.5 Å². The topological polar surface area (TPSA) is 17.1 Å². The van der Waals surface area contributed by atoms with Crippen molar-refractivity contribution in [2.45, 2.75) is 32.3 Å². The van der Waals surface area contributed by atoms with Gasteiger partial charge >= 0.3 is 0 Å². The van der Waals surface area contributed by atoms with Crippen LogP contribution < -0.4 is 10.6 Å². The molecule has 2 aromatic carbocycles. The highest BCUT2D eigenvalue weighted by atomic mass is 31.1. The van der Waals surface area contributed by atoms with Crippen molar-refractivity contribution < 1.29 is 4.79 Å². The second-order valence-electron chi connectivity index (χ2n) is 6.81. The lowest BCUT2D eigenvalue weighted by molar-refractivity contribution is -0.112. The molecule has 2 heteroatoms. The molecule has 0 spiro atoms. The maximum absolute atomic E-state index is 11.9. The predicted molar refractivity (Wildman–Crippen MR) is 100.0 cm³/mol. The van der Waals surface area contributed by atoms with Crippen molar-refractivity contribution in [2.24, 2.45) is 17.8 Å². The van der Waals surface area contributed by atoms with E-state index in [0.29, 0.717) is 17.5 Å². The Morgan fingerprint density at radius 1 is 0.913 bits per heavy atom. The van der Waals surface area contributed by atoms with E-state index in [4.69, 9.17) is 0 Å². The molecule has 3 atom stereocenters. The van der Waals surface area contributed by atoms with Crippen LogP contribution in [0.1, 0.15) is 26.7 Å². The first kappa shape index (κ1) is 16.4. The van der Waals surface area contributed by atoms with Crippen LogP contribution in [0.3, 0.4) is 0 Å². The largest absolute Gasteiger partial charge is 0.303 e. The summed E-state index contributed by atoms with van der Waals surface area (Å²) in [6.07, 6.45) is 3.61. The first-order valence-corrected chi connectivity index (χ1v) is 9.98. The lowest BCUT2D eigenvalue weighted by Crippen LogP contribution is -2.29. The summed E-state index contributed by atoms with van der Waals surface area (Å²) in [4.78, 5) is 11.9. The zero-order valence-electron chi connectivity index (χ0n) is 13.9. The molecule has 0 amide bonds. The van der Waals surface area contributed by atoms with Gasteiger partial charge in [-0.25, -0.2) is 0 Å². The summed E-state index contributed by atoms with van der Waals surface area (Å²) < 4.78 is 0. The normalized spacial score (nSPS) is 24.3. The van der Waals surface area contributed by atoms with Crippen molar-refractivity contribution in [2.75, 3.05) is 0 Å². The van der Waals surface area contributed by atoms with E-state index in [1.54, 1.807) is 0 Å². The van der Waals surface area contributed by atoms with Gasteiger partial charge < -0.3 is 4.79 Å². The quantitative estimate of drug-likeness (QED) is 0.589. The molecule has 3 rings (SSSR count). The van der Waals surface area contributed by atoms with Crippen molar-refractivity contribution in [3.05, 3.63) is 60.7 Å². The second-order valence-corrected chi connectivity index (χ2v) is 9.24. The van der Waals surface area contributed by atoms with Crippen molar-refractivity contribution >= 4 is 24.8 Å². The molecule has 23 heavy (non-hydrogen) atoms. The molecule has 0 heterocycles. The number of benzene rings is 2. The van der Waals surface area contributed by atoms with E-state index in [0.717, 1.165) is 0 Å². The van der Waals surface area contributed by atoms with E-state index in [9.17, 15) is 4.79 Å². The molecule has 1 fully saturated rings. The molecule has 2 aromatic rings. The number of aldehydes is 1. The van der Waals surface area contributed by atoms with E-state index in [-0.39, 0.29) is 5.92 Å². The zero-order chi connectivity index (χ0) is 16.2. The minimum absolute atomic E-state index is 0.196. The van der Waals surface area contributed by atoms with Gasteiger partial charge in [0.15, 0.2) is 0 Å². The monoisotopic (exact) mass is 324 g/mol. The predicted octanol–water partition coefficient (Wildman–Crippen LogP) is 4.37. The molecule has 1 saturated carbocycles. The summed E-state index contributed by atoms with van der Waals surface area (Å²) in [5, 5.41) is 2.80. The van der Waals surface area contributed by atoms with Gasteiger partial charge in [-0.2, -0.15) is 0 Å². The summed E-state index contributed by atoms with van der Waals surface area (Å²) in [5.41, 5.74) is 0.472. The Morgan fingerprint density at radius 2 is 1.43 bits per heavy atom. The summed E-state index contributed by atoms with van der Waals surface area (Å²) in [6, 6.07) is 21.6. The minimum atomic E-state index is -0.480. The van der Waals surface area contributed by atoms with Crippen LogP contribution in [0, 0.1) is 17.8 Å². The fourth-order valence-corrected chi connectivity index (χ4v) is 7.11. The van der Waals surface area contributed by atoms with Crippen molar-refractivity contribution in [1.29, 1.82) is 0 Å². The number of carbonyl (C=O) groups excluding carboxylic acids is 1. The molecular formula is C21H25OP. The van der Waals surface area contributed by atoms with Crippen LogP contribution in [0.25, 0.3) is 0 Å². The Labute approximate surface area is 140 Å². The fourth-order valence-electron chi connectivity index (χ4n) is 4.01. The SMILES string of the molecule is CC(C)C1CCC(P(c2ccccc2)c2ccccc2)C1C=O. The van der Waals surface area contributed by atoms with Gasteiger partial charge in [-0.05, 0) is 48.9 Å². The summed E-state index contributed by atoms with van der Waals surface area (Å²) in [7, 11) is -0.480. The maximum atomic E-state index is 11.9. The van der Waals surface area contributed by atoms with Gasteiger partial charge in [-0.3, -0.25) is 0 Å². The molecule has 0 aliphatic heterocycles. The van der Waals surface area contributed by atoms with Crippen LogP contribution in [-0.4, -0.2) is 11.9 Å². The van der Waals surface area contributed by atoms with Gasteiger partial charge in [-0.15, -0.1) is 0 Å². The number of carbonyl (C=O) groups is 1. The molecule has 0 radical (unpaired) electrons. The van der Waals surface area contributed by atoms with E-state index in [1.165, 1.54) is 29.7 Å². The van der Waals surface area contributed by atoms with Crippen LogP contribution in [-0.2, 0) is 4.79 Å². The minimum Gasteiger partial charge on any atom is -0.303 e. The Balaban J connectivity index is 2.01. The highest BCUT2D eigenvalue weighted by Crippen LogP contribution is 2.52. The lowest BCUT2D eigenvalue weighted by atomic mass is 9.87. The lowest BCUT2D eigenvalue weighted by Gasteiger charge is -2.30. The Kier molecular flexibility index (Phi) is 5.28. The van der Waals surface area contributed by atoms with Crippen LogP contribution in [0.4, 0.5) is 0 Å². The first-order chi connectivity index (χ1) is 11.2. The van der Waals surface area contributed by atoms with E-state index in [1.807, 2.05) is 0 Å². The molecule has 3 unspecified atom stereocenters. The molecule has 0 aromatic heterocycles. The number of rotatable bonds is 5. The van der Waals surface area contributed by atoms with Crippen molar-refractivity contribution in [3.8, 4) is 0 Å². The third-order valence-corrected chi connectivity index (χ3v) is 8.12. The van der Waals surface area contributed by atoms with Gasteiger partial charge in [0, 0.05) is 5.92 Å². The Morgan fingerprint density at radius 3 is 1.87 bits per heavy atom. The third kappa shape index (κ3) is 3.40. The molecule has 120 valence electrons. The summed E-state index contributed by atoms with van der Waals surface area (Å²) in [5.74, 6) is 1.31.